The van der Waals surface area contributed by atoms with E-state index in [4.69, 9.17) is 0 Å². The summed E-state index contributed by atoms with van der Waals surface area (Å²) >= 11 is 0. The molecule has 2 aromatic rings. The third kappa shape index (κ3) is 3.46. The molecule has 1 N–H and O–H groups in total. The molecule has 0 saturated carbocycles. The Balaban J connectivity index is 2.26. The quantitative estimate of drug-likeness (QED) is 0.674. The monoisotopic (exact) mass is 332 g/mol. The van der Waals surface area contributed by atoms with E-state index in [1.165, 1.54) is 10.7 Å². The van der Waals surface area contributed by atoms with Crippen molar-refractivity contribution < 1.29 is 22.9 Å². The number of carbonyl (C=O) groups is 1. The average molecular weight is 332 g/mol. The highest BCUT2D eigenvalue weighted by Gasteiger charge is 2.44. The minimum absolute atomic E-state index is 0.202. The van der Waals surface area contributed by atoms with Crippen molar-refractivity contribution in [3.63, 3.8) is 0 Å². The van der Waals surface area contributed by atoms with Gasteiger partial charge < -0.3 is 5.32 Å². The van der Waals surface area contributed by atoms with E-state index in [2.05, 4.69) is 15.5 Å². The van der Waals surface area contributed by atoms with Crippen LogP contribution in [0.5, 0.6) is 0 Å². The zero-order valence-electron chi connectivity index (χ0n) is 12.0. The lowest BCUT2D eigenvalue weighted by Gasteiger charge is -2.04. The molecule has 1 amide bonds. The van der Waals surface area contributed by atoms with E-state index in [1.807, 2.05) is 0 Å². The van der Waals surface area contributed by atoms with E-state index >= 15 is 0 Å². The lowest BCUT2D eigenvalue weighted by Crippen LogP contribution is -2.21. The second-order valence-corrected chi connectivity index (χ2v) is 4.62. The SMILES string of the molecule is Cc1c([N+](=O)[O-])c(C(F)(F)F)nn1CC(=O)Nc1ccn(C)n1. The van der Waals surface area contributed by atoms with Crippen LogP contribution < -0.4 is 5.32 Å². The minimum atomic E-state index is -4.99. The van der Waals surface area contributed by atoms with Crippen LogP contribution in [0.2, 0.25) is 0 Å². The maximum absolute atomic E-state index is 12.8. The zero-order valence-corrected chi connectivity index (χ0v) is 12.0. The molecule has 9 nitrogen and oxygen atoms in total. The number of anilines is 1. The number of halogens is 3. The van der Waals surface area contributed by atoms with Gasteiger partial charge >= 0.3 is 11.9 Å². The summed E-state index contributed by atoms with van der Waals surface area (Å²) in [5.74, 6) is -0.509. The Kier molecular flexibility index (Phi) is 4.08. The van der Waals surface area contributed by atoms with Gasteiger partial charge in [-0.15, -0.1) is 0 Å². The van der Waals surface area contributed by atoms with Crippen LogP contribution in [-0.2, 0) is 24.6 Å². The molecule has 0 saturated heterocycles. The molecule has 0 aliphatic carbocycles. The fourth-order valence-corrected chi connectivity index (χ4v) is 1.90. The molecule has 0 aliphatic heterocycles. The van der Waals surface area contributed by atoms with Crippen LogP contribution in [0.1, 0.15) is 11.4 Å². The first-order valence-electron chi connectivity index (χ1n) is 6.18. The van der Waals surface area contributed by atoms with E-state index in [1.54, 1.807) is 13.2 Å². The van der Waals surface area contributed by atoms with Gasteiger partial charge in [-0.1, -0.05) is 0 Å². The van der Waals surface area contributed by atoms with Crippen molar-refractivity contribution in [1.29, 1.82) is 0 Å². The summed E-state index contributed by atoms with van der Waals surface area (Å²) in [6, 6.07) is 1.48. The summed E-state index contributed by atoms with van der Waals surface area (Å²) < 4.78 is 40.4. The molecule has 0 radical (unpaired) electrons. The Morgan fingerprint density at radius 3 is 2.52 bits per heavy atom. The maximum Gasteiger partial charge on any atom is 0.442 e. The van der Waals surface area contributed by atoms with Crippen molar-refractivity contribution in [1.82, 2.24) is 19.6 Å². The van der Waals surface area contributed by atoms with Gasteiger partial charge in [0.25, 0.3) is 0 Å². The summed E-state index contributed by atoms with van der Waals surface area (Å²) in [7, 11) is 1.62. The van der Waals surface area contributed by atoms with Gasteiger partial charge in [0.1, 0.15) is 12.2 Å². The molecule has 0 fully saturated rings. The van der Waals surface area contributed by atoms with Crippen molar-refractivity contribution in [2.45, 2.75) is 19.6 Å². The van der Waals surface area contributed by atoms with E-state index in [-0.39, 0.29) is 11.5 Å². The number of hydrogen-bond donors (Lipinski definition) is 1. The van der Waals surface area contributed by atoms with Crippen LogP contribution in [0, 0.1) is 17.0 Å². The van der Waals surface area contributed by atoms with Crippen LogP contribution in [0.3, 0.4) is 0 Å². The molecule has 0 spiro atoms. The predicted molar refractivity (Wildman–Crippen MR) is 70.5 cm³/mol. The van der Waals surface area contributed by atoms with Gasteiger partial charge in [-0.05, 0) is 6.92 Å². The molecule has 2 rings (SSSR count). The first-order valence-corrected chi connectivity index (χ1v) is 6.18. The van der Waals surface area contributed by atoms with Crippen molar-refractivity contribution in [3.05, 3.63) is 33.8 Å². The van der Waals surface area contributed by atoms with Gasteiger partial charge in [-0.25, -0.2) is 0 Å². The Hall–Kier alpha value is -2.92. The molecule has 0 unspecified atom stereocenters. The van der Waals surface area contributed by atoms with Crippen LogP contribution in [0.4, 0.5) is 24.7 Å². The van der Waals surface area contributed by atoms with E-state index in [0.29, 0.717) is 4.68 Å². The Morgan fingerprint density at radius 1 is 1.43 bits per heavy atom. The molecule has 12 heteroatoms. The Bertz CT molecular complexity index is 764. The number of alkyl halides is 3. The average Bonchev–Trinajstić information content (AvgIpc) is 2.93. The molecule has 0 bridgehead atoms. The summed E-state index contributed by atoms with van der Waals surface area (Å²) in [5, 5.41) is 20.2. The topological polar surface area (TPSA) is 108 Å². The molecule has 2 heterocycles. The molecule has 23 heavy (non-hydrogen) atoms. The van der Waals surface area contributed by atoms with Gasteiger partial charge in [0.2, 0.25) is 11.6 Å². The second kappa shape index (κ2) is 5.70. The lowest BCUT2D eigenvalue weighted by atomic mass is 10.3. The van der Waals surface area contributed by atoms with Crippen LogP contribution in [0.25, 0.3) is 0 Å². The molecule has 0 aromatic carbocycles. The number of nitrogens with zero attached hydrogens (tertiary/aromatic N) is 5. The van der Waals surface area contributed by atoms with E-state index < -0.39 is 34.9 Å². The van der Waals surface area contributed by atoms with E-state index in [0.717, 1.165) is 6.92 Å². The van der Waals surface area contributed by atoms with Crippen molar-refractivity contribution >= 4 is 17.4 Å². The molecule has 0 aliphatic rings. The normalized spacial score (nSPS) is 11.5. The van der Waals surface area contributed by atoms with E-state index in [9.17, 15) is 28.1 Å². The molecule has 124 valence electrons. The Labute approximate surface area is 126 Å². The van der Waals surface area contributed by atoms with Crippen molar-refractivity contribution in [2.75, 3.05) is 5.32 Å². The number of hydrogen-bond acceptors (Lipinski definition) is 5. The highest BCUT2D eigenvalue weighted by Crippen LogP contribution is 2.36. The van der Waals surface area contributed by atoms with Gasteiger partial charge in [-0.3, -0.25) is 24.3 Å². The zero-order chi connectivity index (χ0) is 17.4. The number of carbonyl (C=O) groups excluding carboxylic acids is 1. The molecule has 0 atom stereocenters. The predicted octanol–water partition coefficient (Wildman–Crippen LogP) is 1.49. The summed E-state index contributed by atoms with van der Waals surface area (Å²) in [4.78, 5) is 21.5. The third-order valence-electron chi connectivity index (χ3n) is 2.90. The first kappa shape index (κ1) is 16.5. The number of aryl methyl sites for hydroxylation is 1. The number of nitrogens with one attached hydrogen (secondary N) is 1. The molecule has 2 aromatic heterocycles. The fourth-order valence-electron chi connectivity index (χ4n) is 1.90. The minimum Gasteiger partial charge on any atom is -0.308 e. The van der Waals surface area contributed by atoms with Crippen molar-refractivity contribution in [3.8, 4) is 0 Å². The van der Waals surface area contributed by atoms with Gasteiger partial charge in [0.05, 0.1) is 4.92 Å². The fraction of sp³-hybridized carbons (Fsp3) is 0.364. The largest absolute Gasteiger partial charge is 0.442 e. The first-order chi connectivity index (χ1) is 10.6. The van der Waals surface area contributed by atoms with Crippen LogP contribution in [-0.4, -0.2) is 30.4 Å². The van der Waals surface area contributed by atoms with Crippen molar-refractivity contribution in [2.24, 2.45) is 7.05 Å². The maximum atomic E-state index is 12.8. The van der Waals surface area contributed by atoms with Crippen LogP contribution >= 0.6 is 0 Å². The van der Waals surface area contributed by atoms with Gasteiger partial charge in [0, 0.05) is 19.3 Å². The number of amides is 1. The summed E-state index contributed by atoms with van der Waals surface area (Å²) in [5.41, 5.74) is -3.16. The summed E-state index contributed by atoms with van der Waals surface area (Å²) in [6.45, 7) is 0.480. The smallest absolute Gasteiger partial charge is 0.308 e. The highest BCUT2D eigenvalue weighted by molar-refractivity contribution is 5.89. The molecular formula is C11H11F3N6O3. The number of rotatable bonds is 4. The third-order valence-corrected chi connectivity index (χ3v) is 2.90. The highest BCUT2D eigenvalue weighted by atomic mass is 19.4. The summed E-state index contributed by atoms with van der Waals surface area (Å²) in [6.07, 6.45) is -3.43. The standard InChI is InChI=1S/C11H11F3N6O3/c1-6-9(20(22)23)10(11(12,13)14)17-19(6)5-8(21)15-7-3-4-18(2)16-7/h3-4H,5H2,1-2H3,(H,15,16,21). The second-order valence-electron chi connectivity index (χ2n) is 4.62. The number of nitro groups is 1. The van der Waals surface area contributed by atoms with Crippen LogP contribution in [0.15, 0.2) is 12.3 Å². The van der Waals surface area contributed by atoms with Gasteiger partial charge in [0.15, 0.2) is 5.82 Å². The molecular weight excluding hydrogens is 321 g/mol. The van der Waals surface area contributed by atoms with Gasteiger partial charge in [-0.2, -0.15) is 23.4 Å². The Morgan fingerprint density at radius 2 is 2.09 bits per heavy atom. The number of aromatic nitrogens is 4. The lowest BCUT2D eigenvalue weighted by molar-refractivity contribution is -0.388.